The van der Waals surface area contributed by atoms with Crippen molar-refractivity contribution < 1.29 is 27.1 Å². The van der Waals surface area contributed by atoms with Crippen molar-refractivity contribution in [1.82, 2.24) is 0 Å². The van der Waals surface area contributed by atoms with Gasteiger partial charge in [0, 0.05) is 23.0 Å². The SMILES string of the molecule is Nc1cc(N)cc(C(=O)Oc2ccc3oc(-c4ccc(C(F)(F)F)cc4)cc(=O)c3c2)c1. The number of carbonyl (C=O) groups excluding carboxylic acids is 1. The molecule has 0 aliphatic rings. The second kappa shape index (κ2) is 7.77. The van der Waals surface area contributed by atoms with Gasteiger partial charge in [-0.3, -0.25) is 4.79 Å². The lowest BCUT2D eigenvalue weighted by Crippen LogP contribution is -2.10. The van der Waals surface area contributed by atoms with Gasteiger partial charge in [0.05, 0.1) is 16.5 Å². The largest absolute Gasteiger partial charge is 0.456 e. The molecule has 32 heavy (non-hydrogen) atoms. The zero-order valence-corrected chi connectivity index (χ0v) is 16.3. The van der Waals surface area contributed by atoms with Crippen molar-refractivity contribution in [2.75, 3.05) is 11.5 Å². The minimum atomic E-state index is -4.46. The summed E-state index contributed by atoms with van der Waals surface area (Å²) in [5.41, 5.74) is 11.3. The van der Waals surface area contributed by atoms with E-state index in [4.69, 9.17) is 20.6 Å². The van der Waals surface area contributed by atoms with Gasteiger partial charge in [-0.2, -0.15) is 13.2 Å². The lowest BCUT2D eigenvalue weighted by molar-refractivity contribution is -0.137. The van der Waals surface area contributed by atoms with Gasteiger partial charge in [-0.05, 0) is 48.5 Å². The van der Waals surface area contributed by atoms with Crippen molar-refractivity contribution >= 4 is 28.3 Å². The van der Waals surface area contributed by atoms with Crippen LogP contribution in [0.1, 0.15) is 15.9 Å². The number of ether oxygens (including phenoxy) is 1. The summed E-state index contributed by atoms with van der Waals surface area (Å²) in [6.45, 7) is 0. The molecule has 1 aromatic heterocycles. The Morgan fingerprint density at radius 3 is 2.16 bits per heavy atom. The Morgan fingerprint density at radius 2 is 1.53 bits per heavy atom. The van der Waals surface area contributed by atoms with Gasteiger partial charge in [-0.15, -0.1) is 0 Å². The van der Waals surface area contributed by atoms with Crippen LogP contribution in [0.15, 0.2) is 75.9 Å². The number of benzene rings is 3. The van der Waals surface area contributed by atoms with Crippen LogP contribution in [0, 0.1) is 0 Å². The third kappa shape index (κ3) is 4.27. The zero-order valence-electron chi connectivity index (χ0n) is 16.3. The first-order chi connectivity index (χ1) is 15.1. The number of nitrogen functional groups attached to an aromatic ring is 2. The smallest absolute Gasteiger partial charge is 0.416 e. The Morgan fingerprint density at radius 1 is 0.875 bits per heavy atom. The van der Waals surface area contributed by atoms with Crippen molar-refractivity contribution in [1.29, 1.82) is 0 Å². The lowest BCUT2D eigenvalue weighted by Gasteiger charge is -2.09. The molecule has 6 nitrogen and oxygen atoms in total. The van der Waals surface area contributed by atoms with Crippen LogP contribution in [0.5, 0.6) is 5.75 Å². The van der Waals surface area contributed by atoms with Gasteiger partial charge < -0.3 is 20.6 Å². The van der Waals surface area contributed by atoms with Crippen LogP contribution in [0.25, 0.3) is 22.3 Å². The number of fused-ring (bicyclic) bond motifs is 1. The molecule has 4 rings (SSSR count). The molecule has 4 N–H and O–H groups in total. The molecule has 0 aliphatic carbocycles. The lowest BCUT2D eigenvalue weighted by atomic mass is 10.1. The number of esters is 1. The molecule has 1 heterocycles. The Balaban J connectivity index is 1.64. The summed E-state index contributed by atoms with van der Waals surface area (Å²) >= 11 is 0. The normalized spacial score (nSPS) is 11.5. The zero-order chi connectivity index (χ0) is 23.0. The van der Waals surface area contributed by atoms with Crippen molar-refractivity contribution in [3.8, 4) is 17.1 Å². The molecule has 0 amide bonds. The molecular weight excluding hydrogens is 425 g/mol. The Hall–Kier alpha value is -4.27. The first-order valence-corrected chi connectivity index (χ1v) is 9.24. The average Bonchev–Trinajstić information content (AvgIpc) is 2.73. The molecule has 0 radical (unpaired) electrons. The van der Waals surface area contributed by atoms with E-state index in [1.807, 2.05) is 0 Å². The van der Waals surface area contributed by atoms with Crippen molar-refractivity contribution in [3.05, 3.63) is 88.1 Å². The van der Waals surface area contributed by atoms with Gasteiger partial charge in [0.2, 0.25) is 0 Å². The number of hydrogen-bond donors (Lipinski definition) is 2. The quantitative estimate of drug-likeness (QED) is 0.268. The molecule has 162 valence electrons. The Kier molecular flexibility index (Phi) is 5.09. The molecule has 0 aliphatic heterocycles. The molecule has 0 atom stereocenters. The van der Waals surface area contributed by atoms with Gasteiger partial charge in [0.15, 0.2) is 5.43 Å². The standard InChI is InChI=1S/C23H15F3N2O4/c24-23(25,26)14-3-1-12(2-4-14)21-11-19(29)18-10-17(5-6-20(18)32-21)31-22(30)13-7-15(27)9-16(28)8-13/h1-11H,27-28H2. The summed E-state index contributed by atoms with van der Waals surface area (Å²) in [4.78, 5) is 24.9. The van der Waals surface area contributed by atoms with E-state index in [2.05, 4.69) is 0 Å². The van der Waals surface area contributed by atoms with E-state index in [9.17, 15) is 22.8 Å². The maximum atomic E-state index is 12.7. The van der Waals surface area contributed by atoms with Crippen LogP contribution in [-0.2, 0) is 6.18 Å². The minimum Gasteiger partial charge on any atom is -0.456 e. The molecule has 9 heteroatoms. The number of halogens is 3. The van der Waals surface area contributed by atoms with Gasteiger partial charge in [-0.1, -0.05) is 12.1 Å². The van der Waals surface area contributed by atoms with Gasteiger partial charge in [0.1, 0.15) is 17.1 Å². The molecule has 0 fully saturated rings. The number of alkyl halides is 3. The van der Waals surface area contributed by atoms with E-state index in [0.717, 1.165) is 18.2 Å². The summed E-state index contributed by atoms with van der Waals surface area (Å²) in [6, 6.07) is 13.9. The predicted molar refractivity (Wildman–Crippen MR) is 113 cm³/mol. The van der Waals surface area contributed by atoms with E-state index in [1.54, 1.807) is 0 Å². The maximum absolute atomic E-state index is 12.7. The van der Waals surface area contributed by atoms with Gasteiger partial charge in [-0.25, -0.2) is 4.79 Å². The van der Waals surface area contributed by atoms with Crippen LogP contribution in [0.2, 0.25) is 0 Å². The second-order valence-corrected chi connectivity index (χ2v) is 6.99. The summed E-state index contributed by atoms with van der Waals surface area (Å²) < 4.78 is 49.2. The molecule has 0 spiro atoms. The van der Waals surface area contributed by atoms with Crippen molar-refractivity contribution in [2.24, 2.45) is 0 Å². The second-order valence-electron chi connectivity index (χ2n) is 6.99. The number of hydrogen-bond acceptors (Lipinski definition) is 6. The predicted octanol–water partition coefficient (Wildman–Crippen LogP) is 4.86. The highest BCUT2D eigenvalue weighted by Crippen LogP contribution is 2.31. The molecule has 0 saturated heterocycles. The summed E-state index contributed by atoms with van der Waals surface area (Å²) in [5, 5.41) is 0.137. The fourth-order valence-electron chi connectivity index (χ4n) is 3.12. The van der Waals surface area contributed by atoms with Crippen LogP contribution in [0.4, 0.5) is 24.5 Å². The summed E-state index contributed by atoms with van der Waals surface area (Å²) in [6.07, 6.45) is -4.46. The van der Waals surface area contributed by atoms with E-state index >= 15 is 0 Å². The monoisotopic (exact) mass is 440 g/mol. The molecule has 0 saturated carbocycles. The summed E-state index contributed by atoms with van der Waals surface area (Å²) in [5.74, 6) is -0.511. The number of anilines is 2. The number of carbonyl (C=O) groups is 1. The highest BCUT2D eigenvalue weighted by atomic mass is 19.4. The Labute approximate surface area is 178 Å². The molecular formula is C23H15F3N2O4. The topological polar surface area (TPSA) is 109 Å². The Bertz CT molecular complexity index is 1370. The van der Waals surface area contributed by atoms with E-state index in [1.165, 1.54) is 48.5 Å². The van der Waals surface area contributed by atoms with E-state index in [-0.39, 0.29) is 28.0 Å². The molecule has 0 bridgehead atoms. The van der Waals surface area contributed by atoms with E-state index < -0.39 is 23.1 Å². The van der Waals surface area contributed by atoms with Crippen LogP contribution in [0.3, 0.4) is 0 Å². The van der Waals surface area contributed by atoms with Gasteiger partial charge >= 0.3 is 12.1 Å². The van der Waals surface area contributed by atoms with Gasteiger partial charge in [0.25, 0.3) is 0 Å². The highest BCUT2D eigenvalue weighted by Gasteiger charge is 2.30. The maximum Gasteiger partial charge on any atom is 0.416 e. The van der Waals surface area contributed by atoms with Crippen LogP contribution in [-0.4, -0.2) is 5.97 Å². The third-order valence-corrected chi connectivity index (χ3v) is 4.62. The van der Waals surface area contributed by atoms with Crippen molar-refractivity contribution in [2.45, 2.75) is 6.18 Å². The minimum absolute atomic E-state index is 0.0954. The summed E-state index contributed by atoms with van der Waals surface area (Å²) in [7, 11) is 0. The highest BCUT2D eigenvalue weighted by molar-refractivity contribution is 5.93. The van der Waals surface area contributed by atoms with Crippen LogP contribution >= 0.6 is 0 Å². The fraction of sp³-hybridized carbons (Fsp3) is 0.0435. The molecule has 4 aromatic rings. The molecule has 0 unspecified atom stereocenters. The van der Waals surface area contributed by atoms with Crippen LogP contribution < -0.4 is 21.6 Å². The molecule has 3 aromatic carbocycles. The van der Waals surface area contributed by atoms with Crippen molar-refractivity contribution in [3.63, 3.8) is 0 Å². The first kappa shape index (κ1) is 21.0. The fourth-order valence-corrected chi connectivity index (χ4v) is 3.12. The third-order valence-electron chi connectivity index (χ3n) is 4.62. The first-order valence-electron chi connectivity index (χ1n) is 9.24. The van der Waals surface area contributed by atoms with E-state index in [0.29, 0.717) is 16.9 Å². The number of nitrogens with two attached hydrogens (primary N) is 2. The average molecular weight is 440 g/mol. The number of rotatable bonds is 3.